The van der Waals surface area contributed by atoms with Crippen LogP contribution in [-0.2, 0) is 0 Å². The Kier molecular flexibility index (Phi) is 4.61. The molecule has 0 aliphatic heterocycles. The topological polar surface area (TPSA) is 83.0 Å². The Morgan fingerprint density at radius 3 is 2.52 bits per heavy atom. The second kappa shape index (κ2) is 6.44. The summed E-state index contributed by atoms with van der Waals surface area (Å²) in [5.74, 6) is 0.433. The summed E-state index contributed by atoms with van der Waals surface area (Å²) < 4.78 is 38.5. The molecule has 138 valence electrons. The Hall–Kier alpha value is -1.90. The molecule has 1 saturated carbocycles. The van der Waals surface area contributed by atoms with E-state index in [0.717, 1.165) is 31.8 Å². The van der Waals surface area contributed by atoms with Gasteiger partial charge in [0.05, 0.1) is 6.10 Å². The van der Waals surface area contributed by atoms with Crippen LogP contribution in [0.2, 0.25) is 0 Å². The fourth-order valence-corrected chi connectivity index (χ4v) is 2.58. The molecule has 2 atom stereocenters. The summed E-state index contributed by atoms with van der Waals surface area (Å²) >= 11 is 0. The Balaban J connectivity index is 1.91. The lowest BCUT2D eigenvalue weighted by atomic mass is 9.97. The Morgan fingerprint density at radius 2 is 1.92 bits per heavy atom. The average Bonchev–Trinajstić information content (AvgIpc) is 3.23. The first-order chi connectivity index (χ1) is 11.6. The molecule has 0 amide bonds. The van der Waals surface area contributed by atoms with Gasteiger partial charge >= 0.3 is 6.18 Å². The molecule has 1 aromatic rings. The molecule has 0 radical (unpaired) electrons. The van der Waals surface area contributed by atoms with Crippen LogP contribution in [0.5, 0.6) is 0 Å². The van der Waals surface area contributed by atoms with Crippen LogP contribution < -0.4 is 10.6 Å². The maximum atomic E-state index is 12.8. The van der Waals surface area contributed by atoms with Gasteiger partial charge in [-0.3, -0.25) is 0 Å². The van der Waals surface area contributed by atoms with E-state index in [1.54, 1.807) is 6.08 Å². The summed E-state index contributed by atoms with van der Waals surface area (Å²) in [5.41, 5.74) is 0.610. The van der Waals surface area contributed by atoms with Crippen molar-refractivity contribution in [2.45, 2.75) is 69.8 Å². The summed E-state index contributed by atoms with van der Waals surface area (Å²) in [7, 11) is 0. The number of aliphatic hydroxyl groups is 1. The van der Waals surface area contributed by atoms with Crippen molar-refractivity contribution in [3.05, 3.63) is 11.9 Å². The number of anilines is 2. The summed E-state index contributed by atoms with van der Waals surface area (Å²) in [6.45, 7) is 3.02. The SMILES string of the molecule is C[C@@H](Nc1nc(NC2(C)CC2)nc(C2=CC(O)CCC2)n1)C(F)(F)F. The molecule has 1 aromatic heterocycles. The molecule has 25 heavy (non-hydrogen) atoms. The van der Waals surface area contributed by atoms with Gasteiger partial charge < -0.3 is 15.7 Å². The zero-order chi connectivity index (χ0) is 18.2. The van der Waals surface area contributed by atoms with Crippen LogP contribution >= 0.6 is 0 Å². The van der Waals surface area contributed by atoms with Crippen molar-refractivity contribution in [2.24, 2.45) is 0 Å². The average molecular weight is 357 g/mol. The summed E-state index contributed by atoms with van der Waals surface area (Å²) in [6.07, 6.45) is 0.708. The molecule has 1 unspecified atom stereocenters. The highest BCUT2D eigenvalue weighted by Crippen LogP contribution is 2.37. The largest absolute Gasteiger partial charge is 0.408 e. The molecular formula is C16H22F3N5O. The lowest BCUT2D eigenvalue weighted by molar-refractivity contribution is -0.138. The predicted molar refractivity (Wildman–Crippen MR) is 88.1 cm³/mol. The maximum Gasteiger partial charge on any atom is 0.408 e. The first-order valence-electron chi connectivity index (χ1n) is 8.41. The Bertz CT molecular complexity index is 672. The van der Waals surface area contributed by atoms with Crippen molar-refractivity contribution in [3.8, 4) is 0 Å². The van der Waals surface area contributed by atoms with Crippen molar-refractivity contribution in [1.29, 1.82) is 0 Å². The molecule has 0 spiro atoms. The molecule has 9 heteroatoms. The third-order valence-corrected chi connectivity index (χ3v) is 4.51. The maximum absolute atomic E-state index is 12.8. The van der Waals surface area contributed by atoms with Crippen molar-refractivity contribution in [3.63, 3.8) is 0 Å². The van der Waals surface area contributed by atoms with E-state index in [4.69, 9.17) is 0 Å². The standard InChI is InChI=1S/C16H22F3N5O/c1-9(16(17,18)19)20-13-21-12(10-4-3-5-11(25)8-10)22-14(23-13)24-15(2)6-7-15/h8-9,11,25H,3-7H2,1-2H3,(H2,20,21,22,23,24)/t9-,11?/m1/s1. The van der Waals surface area contributed by atoms with Crippen molar-refractivity contribution >= 4 is 17.5 Å². The quantitative estimate of drug-likeness (QED) is 0.751. The minimum absolute atomic E-state index is 0.119. The second-order valence-corrected chi connectivity index (χ2v) is 7.05. The van der Waals surface area contributed by atoms with Crippen molar-refractivity contribution < 1.29 is 18.3 Å². The number of alkyl halides is 3. The van der Waals surface area contributed by atoms with Gasteiger partial charge in [-0.25, -0.2) is 0 Å². The van der Waals surface area contributed by atoms with E-state index in [1.807, 2.05) is 6.92 Å². The molecule has 0 saturated heterocycles. The first kappa shape index (κ1) is 17.9. The summed E-state index contributed by atoms with van der Waals surface area (Å²) in [4.78, 5) is 12.6. The van der Waals surface area contributed by atoms with Crippen molar-refractivity contribution in [2.75, 3.05) is 10.6 Å². The normalized spacial score (nSPS) is 23.6. The van der Waals surface area contributed by atoms with Crippen LogP contribution in [0, 0.1) is 0 Å². The number of aromatic nitrogens is 3. The first-order valence-corrected chi connectivity index (χ1v) is 8.41. The highest BCUT2D eigenvalue weighted by Gasteiger charge is 2.39. The molecule has 1 fully saturated rings. The van der Waals surface area contributed by atoms with Gasteiger partial charge in [0.1, 0.15) is 6.04 Å². The minimum Gasteiger partial charge on any atom is -0.389 e. The number of nitrogens with one attached hydrogen (secondary N) is 2. The number of allylic oxidation sites excluding steroid dienone is 1. The molecular weight excluding hydrogens is 335 g/mol. The number of hydrogen-bond donors (Lipinski definition) is 3. The monoisotopic (exact) mass is 357 g/mol. The number of nitrogens with zero attached hydrogens (tertiary/aromatic N) is 3. The Labute approximate surface area is 144 Å². The van der Waals surface area contributed by atoms with Crippen molar-refractivity contribution in [1.82, 2.24) is 15.0 Å². The van der Waals surface area contributed by atoms with Gasteiger partial charge in [0.25, 0.3) is 0 Å². The molecule has 2 aliphatic carbocycles. The molecule has 0 aromatic carbocycles. The van der Waals surface area contributed by atoms with E-state index in [2.05, 4.69) is 25.6 Å². The lowest BCUT2D eigenvalue weighted by Crippen LogP contribution is -2.34. The smallest absolute Gasteiger partial charge is 0.389 e. The fraction of sp³-hybridized carbons (Fsp3) is 0.688. The number of hydrogen-bond acceptors (Lipinski definition) is 6. The lowest BCUT2D eigenvalue weighted by Gasteiger charge is -2.20. The van der Waals surface area contributed by atoms with Crippen LogP contribution in [0.1, 0.15) is 51.8 Å². The highest BCUT2D eigenvalue weighted by molar-refractivity contribution is 5.63. The Morgan fingerprint density at radius 1 is 1.24 bits per heavy atom. The molecule has 6 nitrogen and oxygen atoms in total. The summed E-state index contributed by atoms with van der Waals surface area (Å²) in [5, 5.41) is 15.3. The number of rotatable bonds is 5. The van der Waals surface area contributed by atoms with E-state index < -0.39 is 18.3 Å². The predicted octanol–water partition coefficient (Wildman–Crippen LogP) is 3.13. The van der Waals surface area contributed by atoms with Gasteiger partial charge in [-0.1, -0.05) is 0 Å². The van der Waals surface area contributed by atoms with Crippen LogP contribution in [0.3, 0.4) is 0 Å². The zero-order valence-electron chi connectivity index (χ0n) is 14.2. The second-order valence-electron chi connectivity index (χ2n) is 7.05. The third kappa shape index (κ3) is 4.59. The van der Waals surface area contributed by atoms with Crippen LogP contribution in [-0.4, -0.2) is 43.9 Å². The van der Waals surface area contributed by atoms with Crippen LogP contribution in [0.4, 0.5) is 25.1 Å². The minimum atomic E-state index is -4.40. The fourth-order valence-electron chi connectivity index (χ4n) is 2.58. The molecule has 3 N–H and O–H groups in total. The van der Waals surface area contributed by atoms with Gasteiger partial charge in [-0.05, 0) is 57.6 Å². The van der Waals surface area contributed by atoms with E-state index in [-0.39, 0.29) is 17.4 Å². The van der Waals surface area contributed by atoms with E-state index in [9.17, 15) is 18.3 Å². The van der Waals surface area contributed by atoms with Crippen LogP contribution in [0.15, 0.2) is 6.08 Å². The number of aliphatic hydroxyl groups excluding tert-OH is 1. The van der Waals surface area contributed by atoms with E-state index in [0.29, 0.717) is 18.7 Å². The zero-order valence-corrected chi connectivity index (χ0v) is 14.2. The van der Waals surface area contributed by atoms with Gasteiger partial charge in [0.15, 0.2) is 5.82 Å². The molecule has 0 bridgehead atoms. The van der Waals surface area contributed by atoms with E-state index >= 15 is 0 Å². The highest BCUT2D eigenvalue weighted by atomic mass is 19.4. The third-order valence-electron chi connectivity index (χ3n) is 4.51. The van der Waals surface area contributed by atoms with Gasteiger partial charge in [0.2, 0.25) is 11.9 Å². The summed E-state index contributed by atoms with van der Waals surface area (Å²) in [6, 6.07) is -1.78. The van der Waals surface area contributed by atoms with Gasteiger partial charge in [-0.15, -0.1) is 0 Å². The molecule has 2 aliphatic rings. The van der Waals surface area contributed by atoms with Gasteiger partial charge in [-0.2, -0.15) is 28.1 Å². The molecule has 1 heterocycles. The van der Waals surface area contributed by atoms with Crippen LogP contribution in [0.25, 0.3) is 5.57 Å². The number of halogens is 3. The van der Waals surface area contributed by atoms with E-state index in [1.165, 1.54) is 0 Å². The molecule has 3 rings (SSSR count). The van der Waals surface area contributed by atoms with Gasteiger partial charge in [0, 0.05) is 5.54 Å².